The summed E-state index contributed by atoms with van der Waals surface area (Å²) in [5, 5.41) is 45.2. The van der Waals surface area contributed by atoms with Gasteiger partial charge in [0, 0.05) is 154 Å². The van der Waals surface area contributed by atoms with Gasteiger partial charge in [-0.2, -0.15) is 10.5 Å². The third-order valence-corrected chi connectivity index (χ3v) is 27.3. The van der Waals surface area contributed by atoms with Crippen molar-refractivity contribution in [2.45, 2.75) is 149 Å². The van der Waals surface area contributed by atoms with Crippen molar-refractivity contribution < 1.29 is 37.9 Å². The molecule has 12 aromatic rings. The highest BCUT2D eigenvalue weighted by Gasteiger charge is 2.41. The van der Waals surface area contributed by atoms with Crippen molar-refractivity contribution in [3.8, 4) is 35.1 Å². The zero-order valence-corrected chi connectivity index (χ0v) is 84.5. The Morgan fingerprint density at radius 3 is 1.11 bits per heavy atom. The molecule has 16 rings (SSSR count). The zero-order chi connectivity index (χ0) is 98.1. The van der Waals surface area contributed by atoms with Crippen LogP contribution in [0.4, 0.5) is 31.5 Å². The Morgan fingerprint density at radius 2 is 0.754 bits per heavy atom. The second-order valence-corrected chi connectivity index (χ2v) is 38.2. The number of piperazine rings is 4. The van der Waals surface area contributed by atoms with Gasteiger partial charge in [0.25, 0.3) is 0 Å². The number of ether oxygens (including phenoxy) is 4. The summed E-state index contributed by atoms with van der Waals surface area (Å²) < 4.78 is 50.1. The smallest absolute Gasteiger partial charge is 0.141 e. The second-order valence-electron chi connectivity index (χ2n) is 35.2. The summed E-state index contributed by atoms with van der Waals surface area (Å²) in [7, 11) is 0. The van der Waals surface area contributed by atoms with E-state index >= 15 is 0 Å². The lowest BCUT2D eigenvalue weighted by atomic mass is 9.93. The van der Waals surface area contributed by atoms with Gasteiger partial charge in [0.05, 0.1) is 140 Å². The monoisotopic (exact) mass is 2000 g/mol. The van der Waals surface area contributed by atoms with Gasteiger partial charge in [0.2, 0.25) is 0 Å². The van der Waals surface area contributed by atoms with Crippen molar-refractivity contribution in [2.75, 3.05) is 125 Å². The predicted molar refractivity (Wildman–Crippen MR) is 553 cm³/mol. The second kappa shape index (κ2) is 50.5. The molecule has 4 fully saturated rings. The van der Waals surface area contributed by atoms with Crippen molar-refractivity contribution in [2.24, 2.45) is 0 Å². The maximum absolute atomic E-state index is 13.7. The molecule has 8 aromatic carbocycles. The fraction of sp³-hybridized carbons (Fsp3) is 0.358. The number of nitrogens with zero attached hydrogens (tertiary/aromatic N) is 14. The zero-order valence-electron chi connectivity index (χ0n) is 79.3. The molecule has 724 valence electrons. The van der Waals surface area contributed by atoms with Gasteiger partial charge in [0.1, 0.15) is 52.4 Å². The molecule has 0 spiro atoms. The fourth-order valence-electron chi connectivity index (χ4n) is 18.1. The number of benzene rings is 8. The first-order valence-corrected chi connectivity index (χ1v) is 49.7. The molecule has 0 aliphatic carbocycles. The average molecular weight is 2010 g/mol. The molecule has 9 atom stereocenters. The quantitative estimate of drug-likeness (QED) is 0.0430. The Bertz CT molecular complexity index is 5800. The molecule has 20 nitrogen and oxygen atoms in total. The highest BCUT2D eigenvalue weighted by atomic mass is 35.5. The standard InChI is InChI=1S/C29H35Cl2N3O3.C27H28Cl2N4O.C27H28ClFN4O.C26H28Cl2FN3O/c1-4-13-37-25-11-12-27(26(31)14-25)34-20(2)16-33(17-28(34)21-5-8-23(30)9-6-21)19-29(3,36)22-7-10-24(18-35)32-15-22;2*1-3-14-34-24-9-11-26(21(15-24)16-30)33-13-12-32(19(2)25-10-8-23(29)17-31-25)18-27(33)20-4-6-22(28)7-5-20;1-3-14-33-22-9-11-25(23(28)15-22)32-13-12-31(18(2)24-10-6-20(27)16-30-24)17-26(32)19-4-7-21(29)8-5-19/h5-12,14-15,20,28,35-36H,4,13,16-19H2,1-3H3;2*4-11,15,17,19,27H,3,12-14,18H2,1-2H3;4-11,15-16,18,26H,3,12-14,17H2,1-2H3/t20-,28+,29-;2*19-,27+;18-,26+/m1111/s1. The minimum absolute atomic E-state index is 0.00317. The van der Waals surface area contributed by atoms with Crippen LogP contribution in [0.5, 0.6) is 23.0 Å². The molecule has 4 aliphatic heterocycles. The Hall–Kier alpha value is -10.6. The van der Waals surface area contributed by atoms with Crippen LogP contribution < -0.4 is 38.5 Å². The van der Waals surface area contributed by atoms with Crippen LogP contribution in [0.25, 0.3) is 0 Å². The molecular weight excluding hydrogens is 1890 g/mol. The van der Waals surface area contributed by atoms with Crippen molar-refractivity contribution in [3.63, 3.8) is 0 Å². The van der Waals surface area contributed by atoms with Crippen molar-refractivity contribution in [1.82, 2.24) is 39.5 Å². The van der Waals surface area contributed by atoms with E-state index in [0.717, 1.165) is 170 Å². The van der Waals surface area contributed by atoms with E-state index in [4.69, 9.17) is 100 Å². The molecule has 138 heavy (non-hydrogen) atoms. The molecule has 2 N–H and O–H groups in total. The van der Waals surface area contributed by atoms with E-state index in [1.165, 1.54) is 24.4 Å². The predicted octanol–water partition coefficient (Wildman–Crippen LogP) is 25.6. The number of anilines is 4. The van der Waals surface area contributed by atoms with Crippen molar-refractivity contribution in [1.29, 1.82) is 10.5 Å². The lowest BCUT2D eigenvalue weighted by Crippen LogP contribution is -2.56. The van der Waals surface area contributed by atoms with Crippen LogP contribution in [0.3, 0.4) is 0 Å². The number of aromatic nitrogens is 4. The van der Waals surface area contributed by atoms with Crippen LogP contribution in [-0.4, -0.2) is 161 Å². The third-order valence-electron chi connectivity index (χ3n) is 25.4. The number of rotatable bonds is 30. The molecule has 8 heterocycles. The van der Waals surface area contributed by atoms with Crippen LogP contribution in [0.2, 0.25) is 35.2 Å². The largest absolute Gasteiger partial charge is 0.494 e. The van der Waals surface area contributed by atoms with Crippen LogP contribution in [0, 0.1) is 34.3 Å². The maximum atomic E-state index is 13.7. The summed E-state index contributed by atoms with van der Waals surface area (Å²) in [5.41, 5.74) is 12.3. The summed E-state index contributed by atoms with van der Waals surface area (Å²) >= 11 is 44.1. The molecule has 4 saturated heterocycles. The highest BCUT2D eigenvalue weighted by Crippen LogP contribution is 2.45. The minimum atomic E-state index is -1.11. The molecule has 0 radical (unpaired) electrons. The molecule has 4 aromatic heterocycles. The Balaban J connectivity index is 0.000000155. The summed E-state index contributed by atoms with van der Waals surface area (Å²) in [6, 6.07) is 73.5. The van der Waals surface area contributed by atoms with E-state index < -0.39 is 5.60 Å². The lowest BCUT2D eigenvalue weighted by Gasteiger charge is -2.49. The van der Waals surface area contributed by atoms with Crippen molar-refractivity contribution >= 4 is 104 Å². The average Bonchev–Trinajstić information content (AvgIpc) is 0.721. The lowest BCUT2D eigenvalue weighted by molar-refractivity contribution is 0.00605. The number of hydrogen-bond donors (Lipinski definition) is 2. The topological polar surface area (TPSA) is 202 Å². The van der Waals surface area contributed by atoms with Crippen LogP contribution in [0.1, 0.15) is 192 Å². The van der Waals surface area contributed by atoms with E-state index in [1.807, 2.05) is 171 Å². The number of pyridine rings is 4. The van der Waals surface area contributed by atoms with Crippen LogP contribution in [-0.2, 0) is 12.2 Å². The summed E-state index contributed by atoms with van der Waals surface area (Å²) in [6.07, 6.45) is 9.99. The number of hydrogen-bond acceptors (Lipinski definition) is 20. The first-order valence-electron chi connectivity index (χ1n) is 47.0. The summed E-state index contributed by atoms with van der Waals surface area (Å²) in [5.74, 6) is 2.39. The van der Waals surface area contributed by atoms with Gasteiger partial charge in [-0.25, -0.2) is 8.78 Å². The fourth-order valence-corrected chi connectivity index (χ4v) is 19.2. The van der Waals surface area contributed by atoms with Crippen LogP contribution in [0.15, 0.2) is 243 Å². The normalized spacial score (nSPS) is 18.1. The van der Waals surface area contributed by atoms with Gasteiger partial charge >= 0.3 is 0 Å². The van der Waals surface area contributed by atoms with Crippen LogP contribution >= 0.6 is 81.2 Å². The maximum Gasteiger partial charge on any atom is 0.141 e. The Kier molecular flexibility index (Phi) is 38.3. The number of aliphatic hydroxyl groups excluding tert-OH is 1. The van der Waals surface area contributed by atoms with Gasteiger partial charge in [-0.1, -0.05) is 163 Å². The van der Waals surface area contributed by atoms with Gasteiger partial charge in [-0.15, -0.1) is 0 Å². The Labute approximate surface area is 845 Å². The molecule has 29 heteroatoms. The Morgan fingerprint density at radius 1 is 0.399 bits per heavy atom. The summed E-state index contributed by atoms with van der Waals surface area (Å²) in [6.45, 7) is 30.0. The third kappa shape index (κ3) is 27.5. The first-order chi connectivity index (χ1) is 66.7. The molecule has 0 unspecified atom stereocenters. The van der Waals surface area contributed by atoms with E-state index in [-0.39, 0.29) is 66.6 Å². The molecule has 0 amide bonds. The van der Waals surface area contributed by atoms with Gasteiger partial charge in [-0.05, 0) is 234 Å². The molecule has 0 bridgehead atoms. The van der Waals surface area contributed by atoms with E-state index in [2.05, 4.69) is 151 Å². The van der Waals surface area contributed by atoms with Gasteiger partial charge in [0.15, 0.2) is 0 Å². The van der Waals surface area contributed by atoms with Crippen molar-refractivity contribution in [3.05, 3.63) is 352 Å². The van der Waals surface area contributed by atoms with Gasteiger partial charge < -0.3 is 48.8 Å². The SMILES string of the molecule is CCCOc1ccc(N2CCN([C@H](C)c3ccc(Cl)cn3)C[C@H]2c2ccc(Cl)cc2)c(C#N)c1.CCCOc1ccc(N2CCN([C@H](C)c3ccc(Cl)cn3)C[C@H]2c2ccc(F)cc2)c(Cl)c1.CCCOc1ccc(N2CCN([C@H](C)c3ccc(F)cn3)C[C@H]2c2ccc(Cl)cc2)c(C#N)c1.CCCOc1ccc(N2[C@H](C)CN(C[C@@](C)(O)c3ccc(CO)nc3)C[C@H]2c2ccc(Cl)cc2)c(Cl)c1. The number of aliphatic hydroxyl groups is 2. The summed E-state index contributed by atoms with van der Waals surface area (Å²) in [4.78, 5) is 36.3. The van der Waals surface area contributed by atoms with E-state index in [1.54, 1.807) is 30.7 Å². The minimum Gasteiger partial charge on any atom is -0.494 e. The molecular formula is C109H119Cl7F2N14O6. The van der Waals surface area contributed by atoms with E-state index in [9.17, 15) is 29.5 Å². The molecule has 4 aliphatic rings. The number of halogens is 9. The number of β-amino-alcohol motifs (C(OH)–C–C–N with tert-alkyl or cyclic N) is 1. The van der Waals surface area contributed by atoms with Gasteiger partial charge in [-0.3, -0.25) is 39.5 Å². The van der Waals surface area contributed by atoms with E-state index in [0.29, 0.717) is 103 Å². The first kappa shape index (κ1) is 105. The number of nitriles is 2. The molecule has 0 saturated carbocycles. The highest BCUT2D eigenvalue weighted by molar-refractivity contribution is 6.34.